The van der Waals surface area contributed by atoms with E-state index in [2.05, 4.69) is 63.0 Å². The van der Waals surface area contributed by atoms with Crippen molar-refractivity contribution in [3.8, 4) is 11.5 Å². The van der Waals surface area contributed by atoms with Crippen molar-refractivity contribution in [2.45, 2.75) is 76.9 Å². The lowest BCUT2D eigenvalue weighted by Gasteiger charge is -2.36. The molecule has 17 nitrogen and oxygen atoms in total. The molecule has 0 bridgehead atoms. The number of aliphatic hydroxyl groups excluding tert-OH is 1. The summed E-state index contributed by atoms with van der Waals surface area (Å²) in [5.74, 6) is -1.04. The first-order valence-electron chi connectivity index (χ1n) is 20.2. The minimum atomic E-state index is -1.86. The summed E-state index contributed by atoms with van der Waals surface area (Å²) < 4.78 is 26.2. The van der Waals surface area contributed by atoms with E-state index in [1.807, 2.05) is 0 Å². The number of rotatable bonds is 17. The summed E-state index contributed by atoms with van der Waals surface area (Å²) in [6.45, 7) is 19.7. The fraction of sp³-hybridized carbons (Fsp3) is 0.465. The van der Waals surface area contributed by atoms with Gasteiger partial charge in [0, 0.05) is 58.7 Å². The predicted molar refractivity (Wildman–Crippen MR) is 234 cm³/mol. The van der Waals surface area contributed by atoms with E-state index in [-0.39, 0.29) is 77.9 Å². The highest BCUT2D eigenvalue weighted by atomic mass is 28.4. The van der Waals surface area contributed by atoms with Crippen LogP contribution in [0.2, 0.25) is 18.1 Å². The molecule has 0 radical (unpaired) electrons. The van der Waals surface area contributed by atoms with Gasteiger partial charge < -0.3 is 53.7 Å². The number of methoxy groups -OCH3 is 1. The van der Waals surface area contributed by atoms with Crippen LogP contribution in [0.4, 0.5) is 21.9 Å². The van der Waals surface area contributed by atoms with Crippen LogP contribution in [-0.4, -0.2) is 109 Å². The number of nitrogens with one attached hydrogen (secondary N) is 3. The van der Waals surface area contributed by atoms with Crippen molar-refractivity contribution in [3.05, 3.63) is 78.4 Å². The van der Waals surface area contributed by atoms with Gasteiger partial charge in [-0.05, 0) is 55.6 Å². The summed E-state index contributed by atoms with van der Waals surface area (Å²) in [5, 5.41) is 20.1. The Morgan fingerprint density at radius 1 is 0.951 bits per heavy atom. The van der Waals surface area contributed by atoms with E-state index in [9.17, 15) is 29.1 Å². The SMILES string of the molecule is C=CCOC(=O)N1c2cc(OCCCC(=O)Nc3cc(C(=O)Nc4cc(C(=O)NCCCO[Si](C)(C)C(C)(C)C)n(C)c4)n(C)c3)c(OC)cc2C(=O)N2CC(=C)C[C@H]2C1O. The highest BCUT2D eigenvalue weighted by Crippen LogP contribution is 2.42. The first-order valence-corrected chi connectivity index (χ1v) is 23.1. The number of amides is 5. The molecular weight excluding hydrogens is 803 g/mol. The van der Waals surface area contributed by atoms with Gasteiger partial charge in [-0.2, -0.15) is 0 Å². The molecule has 2 aromatic heterocycles. The molecule has 0 saturated carbocycles. The van der Waals surface area contributed by atoms with E-state index >= 15 is 0 Å². The van der Waals surface area contributed by atoms with E-state index < -0.39 is 38.5 Å². The molecule has 2 aliphatic heterocycles. The molecule has 330 valence electrons. The van der Waals surface area contributed by atoms with Crippen molar-refractivity contribution in [3.63, 3.8) is 0 Å². The Hall–Kier alpha value is -5.85. The van der Waals surface area contributed by atoms with Crippen LogP contribution in [0.5, 0.6) is 11.5 Å². The third-order valence-electron chi connectivity index (χ3n) is 11.2. The summed E-state index contributed by atoms with van der Waals surface area (Å²) >= 11 is 0. The second-order valence-electron chi connectivity index (χ2n) is 16.7. The van der Waals surface area contributed by atoms with E-state index in [4.69, 9.17) is 18.6 Å². The number of ether oxygens (including phenoxy) is 3. The molecule has 61 heavy (non-hydrogen) atoms. The number of aryl methyl sites for hydroxylation is 2. The molecule has 5 amide bonds. The van der Waals surface area contributed by atoms with Crippen LogP contribution in [-0.2, 0) is 28.1 Å². The van der Waals surface area contributed by atoms with Crippen LogP contribution in [0.15, 0.2) is 61.5 Å². The highest BCUT2D eigenvalue weighted by molar-refractivity contribution is 6.74. The molecule has 2 atom stereocenters. The van der Waals surface area contributed by atoms with Crippen LogP contribution in [0.3, 0.4) is 0 Å². The van der Waals surface area contributed by atoms with Gasteiger partial charge in [0.15, 0.2) is 26.0 Å². The Morgan fingerprint density at radius 3 is 2.25 bits per heavy atom. The van der Waals surface area contributed by atoms with Crippen molar-refractivity contribution in [1.29, 1.82) is 0 Å². The van der Waals surface area contributed by atoms with E-state index in [0.29, 0.717) is 43.1 Å². The van der Waals surface area contributed by atoms with Gasteiger partial charge in [-0.1, -0.05) is 45.6 Å². The van der Waals surface area contributed by atoms with Crippen molar-refractivity contribution in [1.82, 2.24) is 19.4 Å². The maximum absolute atomic E-state index is 13.7. The average Bonchev–Trinajstić information content (AvgIpc) is 3.88. The third kappa shape index (κ3) is 10.7. The molecule has 1 unspecified atom stereocenters. The number of hydrogen-bond acceptors (Lipinski definition) is 10. The number of carbonyl (C=O) groups is 5. The second kappa shape index (κ2) is 19.2. The standard InChI is InChI=1S/C43H59N7O10Si/c1-11-16-59-42(56)50-31-23-36(35(57-8)22-30(31)40(54)49-24-27(2)19-34(49)41(50)55)58-17-12-14-37(51)45-28-20-33(48(7)25-28)39(53)46-29-21-32(47(6)26-29)38(52)44-15-13-18-60-61(9,10)43(3,4)5/h11,20-23,25-26,34,41,55H,1-2,12-19,24H2,3-10H3,(H,44,52)(H,45,51)(H,46,53)/t34-,41?/m0/s1. The molecule has 1 aromatic carbocycles. The van der Waals surface area contributed by atoms with E-state index in [0.717, 1.165) is 10.5 Å². The number of benzene rings is 1. The lowest BCUT2D eigenvalue weighted by molar-refractivity contribution is -0.116. The molecule has 5 rings (SSSR count). The van der Waals surface area contributed by atoms with Gasteiger partial charge in [0.25, 0.3) is 17.7 Å². The molecule has 4 N–H and O–H groups in total. The van der Waals surface area contributed by atoms with Gasteiger partial charge in [-0.3, -0.25) is 19.2 Å². The quantitative estimate of drug-likeness (QED) is 0.0733. The fourth-order valence-corrected chi connectivity index (χ4v) is 7.93. The molecule has 1 fully saturated rings. The Morgan fingerprint density at radius 2 is 1.61 bits per heavy atom. The number of hydrogen-bond donors (Lipinski definition) is 4. The summed E-state index contributed by atoms with van der Waals surface area (Å²) in [6, 6.07) is 5.31. The molecule has 1 saturated heterocycles. The van der Waals surface area contributed by atoms with Crippen LogP contribution < -0.4 is 30.3 Å². The Kier molecular flexibility index (Phi) is 14.6. The van der Waals surface area contributed by atoms with Gasteiger partial charge in [-0.25, -0.2) is 9.69 Å². The van der Waals surface area contributed by atoms with Crippen molar-refractivity contribution in [2.24, 2.45) is 14.1 Å². The minimum absolute atomic E-state index is 0.0552. The molecule has 0 aliphatic carbocycles. The van der Waals surface area contributed by atoms with Crippen molar-refractivity contribution >= 4 is 55.1 Å². The van der Waals surface area contributed by atoms with Crippen LogP contribution >= 0.6 is 0 Å². The number of nitrogens with zero attached hydrogens (tertiary/aromatic N) is 4. The van der Waals surface area contributed by atoms with Crippen molar-refractivity contribution < 1.29 is 47.7 Å². The zero-order valence-corrected chi connectivity index (χ0v) is 37.4. The van der Waals surface area contributed by atoms with Gasteiger partial charge in [0.1, 0.15) is 18.0 Å². The number of aromatic nitrogens is 2. The number of anilines is 3. The maximum Gasteiger partial charge on any atom is 0.416 e. The van der Waals surface area contributed by atoms with E-state index in [1.54, 1.807) is 47.8 Å². The maximum atomic E-state index is 13.7. The smallest absolute Gasteiger partial charge is 0.416 e. The van der Waals surface area contributed by atoms with Gasteiger partial charge in [-0.15, -0.1) is 0 Å². The average molecular weight is 862 g/mol. The first kappa shape index (κ1) is 46.2. The van der Waals surface area contributed by atoms with Gasteiger partial charge in [0.2, 0.25) is 5.91 Å². The zero-order valence-electron chi connectivity index (χ0n) is 36.4. The highest BCUT2D eigenvalue weighted by Gasteiger charge is 2.46. The van der Waals surface area contributed by atoms with Gasteiger partial charge in [0.05, 0.1) is 42.4 Å². The monoisotopic (exact) mass is 861 g/mol. The Bertz CT molecular complexity index is 2170. The zero-order chi connectivity index (χ0) is 44.8. The molecule has 2 aliphatic rings. The number of aliphatic hydroxyl groups is 1. The predicted octanol–water partition coefficient (Wildman–Crippen LogP) is 5.80. The molecular formula is C43H59N7O10Si. The topological polar surface area (TPSA) is 195 Å². The summed E-state index contributed by atoms with van der Waals surface area (Å²) in [5.41, 5.74) is 2.44. The molecule has 4 heterocycles. The summed E-state index contributed by atoms with van der Waals surface area (Å²) in [4.78, 5) is 68.6. The summed E-state index contributed by atoms with van der Waals surface area (Å²) in [6.07, 6.45) is 3.66. The first-order chi connectivity index (χ1) is 28.8. The van der Waals surface area contributed by atoms with Crippen LogP contribution in [0.1, 0.15) is 77.8 Å². The number of carbonyl (C=O) groups excluding carboxylic acids is 5. The largest absolute Gasteiger partial charge is 0.493 e. The van der Waals surface area contributed by atoms with E-state index in [1.165, 1.54) is 30.2 Å². The minimum Gasteiger partial charge on any atom is -0.493 e. The number of fused-ring (bicyclic) bond motifs is 2. The molecule has 3 aromatic rings. The third-order valence-corrected chi connectivity index (χ3v) is 15.7. The molecule has 0 spiro atoms. The molecule has 18 heteroatoms. The van der Waals surface area contributed by atoms with Crippen LogP contribution in [0.25, 0.3) is 0 Å². The lowest BCUT2D eigenvalue weighted by Crippen LogP contribution is -2.50. The lowest BCUT2D eigenvalue weighted by atomic mass is 10.1. The van der Waals surface area contributed by atoms with Crippen molar-refractivity contribution in [2.75, 3.05) is 55.6 Å². The summed E-state index contributed by atoms with van der Waals surface area (Å²) in [7, 11) is 2.95. The second-order valence-corrected chi connectivity index (χ2v) is 21.6. The normalized spacial score (nSPS) is 16.3. The fourth-order valence-electron chi connectivity index (χ4n) is 6.84. The van der Waals surface area contributed by atoms with Crippen LogP contribution in [0, 0.1) is 0 Å². The Labute approximate surface area is 357 Å². The van der Waals surface area contributed by atoms with Gasteiger partial charge >= 0.3 is 6.09 Å². The Balaban J connectivity index is 1.14.